The van der Waals surface area contributed by atoms with Gasteiger partial charge in [0.2, 0.25) is 5.89 Å². The molecule has 6 aromatic carbocycles. The maximum atomic E-state index is 6.41. The van der Waals surface area contributed by atoms with Gasteiger partial charge in [0.05, 0.1) is 0 Å². The van der Waals surface area contributed by atoms with Gasteiger partial charge in [-0.15, -0.1) is 0 Å². The summed E-state index contributed by atoms with van der Waals surface area (Å²) in [5, 5.41) is 4.66. The predicted octanol–water partition coefficient (Wildman–Crippen LogP) is 9.88. The van der Waals surface area contributed by atoms with Crippen molar-refractivity contribution in [3.8, 4) is 33.7 Å². The Morgan fingerprint density at radius 1 is 0.421 bits per heavy atom. The van der Waals surface area contributed by atoms with Gasteiger partial charge in [-0.2, -0.15) is 0 Å². The van der Waals surface area contributed by atoms with Gasteiger partial charge >= 0.3 is 0 Å². The van der Waals surface area contributed by atoms with Crippen LogP contribution >= 0.6 is 0 Å². The van der Waals surface area contributed by atoms with Crippen molar-refractivity contribution in [2.24, 2.45) is 0 Å². The molecule has 0 N–H and O–H groups in total. The molecule has 178 valence electrons. The van der Waals surface area contributed by atoms with Crippen LogP contribution in [-0.2, 0) is 0 Å². The second-order valence-corrected chi connectivity index (χ2v) is 9.56. The van der Waals surface area contributed by atoms with Crippen LogP contribution in [0.5, 0.6) is 0 Å². The summed E-state index contributed by atoms with van der Waals surface area (Å²) in [6, 6.07) is 43.8. The van der Waals surface area contributed by atoms with Gasteiger partial charge in [-0.3, -0.25) is 0 Å². The molecule has 0 saturated heterocycles. The number of furan rings is 1. The Labute approximate surface area is 218 Å². The summed E-state index contributed by atoms with van der Waals surface area (Å²) >= 11 is 0. The summed E-state index contributed by atoms with van der Waals surface area (Å²) in [4.78, 5) is 4.85. The molecular formula is C35H21NO2. The summed E-state index contributed by atoms with van der Waals surface area (Å²) in [6.07, 6.45) is 0. The van der Waals surface area contributed by atoms with Gasteiger partial charge in [0.15, 0.2) is 5.58 Å². The first-order chi connectivity index (χ1) is 18.8. The molecular weight excluding hydrogens is 466 g/mol. The smallest absolute Gasteiger partial charge is 0.227 e. The number of para-hydroxylation sites is 3. The Balaban J connectivity index is 1.22. The fraction of sp³-hybridized carbons (Fsp3) is 0. The zero-order valence-electron chi connectivity index (χ0n) is 20.4. The highest BCUT2D eigenvalue weighted by Gasteiger charge is 2.16. The number of aromatic nitrogens is 1. The lowest BCUT2D eigenvalue weighted by molar-refractivity contribution is 0.621. The molecule has 0 fully saturated rings. The summed E-state index contributed by atoms with van der Waals surface area (Å²) < 4.78 is 12.7. The van der Waals surface area contributed by atoms with Gasteiger partial charge in [0, 0.05) is 27.5 Å². The van der Waals surface area contributed by atoms with Crippen molar-refractivity contribution in [1.29, 1.82) is 0 Å². The molecule has 0 aliphatic carbocycles. The molecule has 0 bridgehead atoms. The van der Waals surface area contributed by atoms with E-state index in [1.807, 2.05) is 30.3 Å². The van der Waals surface area contributed by atoms with Crippen molar-refractivity contribution >= 4 is 43.8 Å². The molecule has 38 heavy (non-hydrogen) atoms. The third kappa shape index (κ3) is 3.19. The van der Waals surface area contributed by atoms with Crippen LogP contribution in [0.1, 0.15) is 0 Å². The van der Waals surface area contributed by atoms with Crippen molar-refractivity contribution in [3.63, 3.8) is 0 Å². The van der Waals surface area contributed by atoms with Gasteiger partial charge in [-0.25, -0.2) is 4.98 Å². The Morgan fingerprint density at radius 2 is 1.08 bits per heavy atom. The Bertz CT molecular complexity index is 2120. The summed E-state index contributed by atoms with van der Waals surface area (Å²) in [5.41, 5.74) is 8.74. The first-order valence-electron chi connectivity index (χ1n) is 12.7. The number of nitrogens with zero attached hydrogens (tertiary/aromatic N) is 1. The van der Waals surface area contributed by atoms with Crippen molar-refractivity contribution in [2.45, 2.75) is 0 Å². The van der Waals surface area contributed by atoms with Crippen LogP contribution in [0.15, 0.2) is 136 Å². The molecule has 0 radical (unpaired) electrons. The number of hydrogen-bond donors (Lipinski definition) is 0. The third-order valence-corrected chi connectivity index (χ3v) is 7.34. The first-order valence-corrected chi connectivity index (χ1v) is 12.7. The topological polar surface area (TPSA) is 39.2 Å². The van der Waals surface area contributed by atoms with E-state index in [9.17, 15) is 0 Å². The highest BCUT2D eigenvalue weighted by atomic mass is 16.3. The lowest BCUT2D eigenvalue weighted by Crippen LogP contribution is -1.82. The van der Waals surface area contributed by atoms with Crippen molar-refractivity contribution in [2.75, 3.05) is 0 Å². The van der Waals surface area contributed by atoms with E-state index in [1.165, 1.54) is 10.8 Å². The zero-order chi connectivity index (χ0) is 25.1. The van der Waals surface area contributed by atoms with E-state index in [0.29, 0.717) is 5.89 Å². The molecule has 8 aromatic rings. The Kier molecular flexibility index (Phi) is 4.52. The molecule has 0 spiro atoms. The van der Waals surface area contributed by atoms with Gasteiger partial charge in [0.1, 0.15) is 16.7 Å². The fourth-order valence-electron chi connectivity index (χ4n) is 5.51. The molecule has 0 aliphatic heterocycles. The molecule has 3 nitrogen and oxygen atoms in total. The van der Waals surface area contributed by atoms with E-state index in [4.69, 9.17) is 13.8 Å². The molecule has 2 heterocycles. The summed E-state index contributed by atoms with van der Waals surface area (Å²) in [7, 11) is 0. The lowest BCUT2D eigenvalue weighted by atomic mass is 9.98. The number of hydrogen-bond acceptors (Lipinski definition) is 3. The largest absolute Gasteiger partial charge is 0.455 e. The van der Waals surface area contributed by atoms with Crippen molar-refractivity contribution in [1.82, 2.24) is 4.98 Å². The van der Waals surface area contributed by atoms with Crippen LogP contribution in [0.3, 0.4) is 0 Å². The average molecular weight is 488 g/mol. The Hall–Kier alpha value is -5.15. The standard InChI is InChI=1S/C35H21NO2/c1-2-10-25-22(8-1)9-5-13-27(25)29-15-7-16-31-34(29)38-35(36-31)24-20-18-23(19-21-24)26-12-6-14-30-28-11-3-4-17-32(28)37-33(26)30/h1-21H. The molecule has 0 atom stereocenters. The number of fused-ring (bicyclic) bond motifs is 5. The highest BCUT2D eigenvalue weighted by molar-refractivity contribution is 6.09. The normalized spacial score (nSPS) is 11.7. The van der Waals surface area contributed by atoms with Gasteiger partial charge in [-0.1, -0.05) is 103 Å². The number of rotatable bonds is 3. The van der Waals surface area contributed by atoms with Crippen molar-refractivity contribution < 1.29 is 8.83 Å². The van der Waals surface area contributed by atoms with E-state index >= 15 is 0 Å². The van der Waals surface area contributed by atoms with Gasteiger partial charge < -0.3 is 8.83 Å². The molecule has 0 saturated carbocycles. The van der Waals surface area contributed by atoms with Gasteiger partial charge in [0.25, 0.3) is 0 Å². The van der Waals surface area contributed by atoms with E-state index in [2.05, 4.69) is 97.1 Å². The maximum Gasteiger partial charge on any atom is 0.227 e. The predicted molar refractivity (Wildman–Crippen MR) is 155 cm³/mol. The summed E-state index contributed by atoms with van der Waals surface area (Å²) in [5.74, 6) is 0.612. The maximum absolute atomic E-state index is 6.41. The molecule has 2 aromatic heterocycles. The average Bonchev–Trinajstić information content (AvgIpc) is 3.59. The Morgan fingerprint density at radius 3 is 2.00 bits per heavy atom. The lowest BCUT2D eigenvalue weighted by Gasteiger charge is -2.07. The monoisotopic (exact) mass is 487 g/mol. The van der Waals surface area contributed by atoms with Gasteiger partial charge in [-0.05, 0) is 46.2 Å². The van der Waals surface area contributed by atoms with Crippen LogP contribution in [0, 0.1) is 0 Å². The molecule has 0 aliphatic rings. The van der Waals surface area contributed by atoms with E-state index in [-0.39, 0.29) is 0 Å². The number of benzene rings is 6. The van der Waals surface area contributed by atoms with Crippen LogP contribution in [0.2, 0.25) is 0 Å². The van der Waals surface area contributed by atoms with Crippen LogP contribution in [0.25, 0.3) is 77.5 Å². The van der Waals surface area contributed by atoms with E-state index in [1.54, 1.807) is 0 Å². The third-order valence-electron chi connectivity index (χ3n) is 7.34. The number of oxazole rings is 1. The molecule has 0 amide bonds. The first kappa shape index (κ1) is 21.0. The molecule has 8 rings (SSSR count). The highest BCUT2D eigenvalue weighted by Crippen LogP contribution is 2.38. The second kappa shape index (κ2) is 8.19. The van der Waals surface area contributed by atoms with Crippen LogP contribution in [0.4, 0.5) is 0 Å². The minimum absolute atomic E-state index is 0.612. The van der Waals surface area contributed by atoms with Crippen molar-refractivity contribution in [3.05, 3.63) is 127 Å². The zero-order valence-corrected chi connectivity index (χ0v) is 20.4. The van der Waals surface area contributed by atoms with Crippen LogP contribution < -0.4 is 0 Å². The molecule has 0 unspecified atom stereocenters. The fourth-order valence-corrected chi connectivity index (χ4v) is 5.51. The van der Waals surface area contributed by atoms with E-state index in [0.717, 1.165) is 60.9 Å². The minimum Gasteiger partial charge on any atom is -0.455 e. The van der Waals surface area contributed by atoms with E-state index < -0.39 is 0 Å². The minimum atomic E-state index is 0.612. The summed E-state index contributed by atoms with van der Waals surface area (Å²) in [6.45, 7) is 0. The van der Waals surface area contributed by atoms with Crippen LogP contribution in [-0.4, -0.2) is 4.98 Å². The SMILES string of the molecule is c1ccc2c(-c3cccc4nc(-c5ccc(-c6cccc7c6oc6ccccc67)cc5)oc34)cccc2c1. The second-order valence-electron chi connectivity index (χ2n) is 9.56. The quantitative estimate of drug-likeness (QED) is 0.249. The molecule has 3 heteroatoms.